The zero-order valence-corrected chi connectivity index (χ0v) is 32.5. The van der Waals surface area contributed by atoms with Crippen LogP contribution in [0, 0.1) is 0 Å². The molecule has 0 saturated carbocycles. The van der Waals surface area contributed by atoms with Gasteiger partial charge in [0.2, 0.25) is 0 Å². The number of aldehydes is 2. The molecular weight excluding hydrogens is 689 g/mol. The second-order valence-corrected chi connectivity index (χ2v) is 18.3. The van der Waals surface area contributed by atoms with E-state index in [0.717, 1.165) is 55.3 Å². The SMILES string of the molecule is CCCCCCCCc1ccc(-c2c3cc4cc(C=O)sc4cc3c(-c3ccc(CCCCCCCC)s3)c3cc4cc(C=O)sc4cc23)s1. The Kier molecular flexibility index (Phi) is 11.6. The van der Waals surface area contributed by atoms with Crippen molar-refractivity contribution in [3.05, 3.63) is 80.2 Å². The van der Waals surface area contributed by atoms with Crippen molar-refractivity contribution in [1.29, 1.82) is 0 Å². The maximum absolute atomic E-state index is 11.9. The fourth-order valence-corrected chi connectivity index (χ4v) is 11.5. The van der Waals surface area contributed by atoms with E-state index in [1.54, 1.807) is 22.7 Å². The molecule has 0 aliphatic rings. The molecule has 0 unspecified atom stereocenters. The lowest BCUT2D eigenvalue weighted by Gasteiger charge is -2.17. The van der Waals surface area contributed by atoms with Crippen LogP contribution in [-0.2, 0) is 12.8 Å². The summed E-state index contributed by atoms with van der Waals surface area (Å²) >= 11 is 7.02. The summed E-state index contributed by atoms with van der Waals surface area (Å²) in [4.78, 5) is 30.8. The summed E-state index contributed by atoms with van der Waals surface area (Å²) in [5.74, 6) is 0. The number of hydrogen-bond donors (Lipinski definition) is 0. The topological polar surface area (TPSA) is 34.1 Å². The Morgan fingerprint density at radius 1 is 0.460 bits per heavy atom. The van der Waals surface area contributed by atoms with Crippen LogP contribution in [0.4, 0.5) is 0 Å². The van der Waals surface area contributed by atoms with Crippen LogP contribution in [0.15, 0.2) is 60.7 Å². The zero-order valence-electron chi connectivity index (χ0n) is 29.3. The molecule has 4 aromatic heterocycles. The molecule has 0 aliphatic heterocycles. The molecule has 0 fully saturated rings. The largest absolute Gasteiger partial charge is 0.297 e. The normalized spacial score (nSPS) is 11.9. The highest BCUT2D eigenvalue weighted by molar-refractivity contribution is 7.21. The standard InChI is InChI=1S/C44H46O2S4/c1-3-5-7-9-11-13-15-31-17-19-39(47-31)43-35-23-29-21-33(27-45)50-42(29)26-38(35)44(36-24-30-22-34(28-46)49-41(30)25-37(36)43)40-20-18-32(48-40)16-14-12-10-8-6-4-2/h17-28H,3-16H2,1-2H3. The molecule has 0 spiro atoms. The van der Waals surface area contributed by atoms with Crippen LogP contribution in [0.5, 0.6) is 0 Å². The van der Waals surface area contributed by atoms with Crippen molar-refractivity contribution in [2.45, 2.75) is 104 Å². The minimum absolute atomic E-state index is 0.763. The van der Waals surface area contributed by atoms with Crippen LogP contribution in [0.25, 0.3) is 62.6 Å². The number of thiophene rings is 4. The lowest BCUT2D eigenvalue weighted by molar-refractivity contribution is 0.111. The summed E-state index contributed by atoms with van der Waals surface area (Å²) in [6, 6.07) is 22.8. The van der Waals surface area contributed by atoms with Gasteiger partial charge in [-0.3, -0.25) is 9.59 Å². The third-order valence-electron chi connectivity index (χ3n) is 10.0. The van der Waals surface area contributed by atoms with E-state index < -0.39 is 0 Å². The maximum atomic E-state index is 11.9. The van der Waals surface area contributed by atoms with Crippen LogP contribution in [-0.4, -0.2) is 12.6 Å². The van der Waals surface area contributed by atoms with E-state index in [4.69, 9.17) is 0 Å². The first-order valence-electron chi connectivity index (χ1n) is 18.6. The van der Waals surface area contributed by atoms with Crippen molar-refractivity contribution in [3.63, 3.8) is 0 Å². The molecule has 3 aromatic carbocycles. The van der Waals surface area contributed by atoms with Gasteiger partial charge in [0, 0.05) is 40.0 Å². The molecule has 0 saturated heterocycles. The van der Waals surface area contributed by atoms with Gasteiger partial charge < -0.3 is 0 Å². The summed E-state index contributed by atoms with van der Waals surface area (Å²) in [6.07, 6.45) is 19.8. The molecule has 0 radical (unpaired) electrons. The molecule has 258 valence electrons. The Hall–Kier alpha value is -3.16. The van der Waals surface area contributed by atoms with Crippen molar-refractivity contribution >= 4 is 99.6 Å². The first-order valence-corrected chi connectivity index (χ1v) is 21.9. The van der Waals surface area contributed by atoms with Crippen LogP contribution in [0.2, 0.25) is 0 Å². The molecule has 0 aliphatic carbocycles. The Balaban J connectivity index is 1.38. The Bertz CT molecular complexity index is 2010. The van der Waals surface area contributed by atoms with Crippen molar-refractivity contribution in [3.8, 4) is 20.9 Å². The van der Waals surface area contributed by atoms with E-state index in [9.17, 15) is 9.59 Å². The highest BCUT2D eigenvalue weighted by atomic mass is 32.1. The van der Waals surface area contributed by atoms with Crippen LogP contribution in [0.1, 0.15) is 120 Å². The second-order valence-electron chi connectivity index (χ2n) is 13.7. The number of hydrogen-bond acceptors (Lipinski definition) is 6. The van der Waals surface area contributed by atoms with E-state index in [-0.39, 0.29) is 0 Å². The van der Waals surface area contributed by atoms with Gasteiger partial charge in [0.05, 0.1) is 9.75 Å². The predicted octanol–water partition coefficient (Wildman–Crippen LogP) is 15.3. The Morgan fingerprint density at radius 2 is 0.860 bits per heavy atom. The Morgan fingerprint density at radius 3 is 1.28 bits per heavy atom. The molecular formula is C44H46O2S4. The van der Waals surface area contributed by atoms with E-state index in [0.29, 0.717) is 0 Å². The molecule has 6 heteroatoms. The minimum atomic E-state index is 0.763. The molecule has 7 aromatic rings. The van der Waals surface area contributed by atoms with E-state index in [1.807, 2.05) is 34.8 Å². The van der Waals surface area contributed by atoms with Crippen molar-refractivity contribution in [2.24, 2.45) is 0 Å². The second kappa shape index (κ2) is 16.5. The molecule has 7 rings (SSSR count). The van der Waals surface area contributed by atoms with Gasteiger partial charge in [-0.25, -0.2) is 0 Å². The molecule has 2 nitrogen and oxygen atoms in total. The maximum Gasteiger partial charge on any atom is 0.160 e. The molecule has 0 bridgehead atoms. The molecule has 0 amide bonds. The third kappa shape index (κ3) is 7.55. The fourth-order valence-electron chi connectivity index (χ4n) is 7.43. The third-order valence-corrected chi connectivity index (χ3v) is 14.4. The number of rotatable bonds is 18. The van der Waals surface area contributed by atoms with E-state index >= 15 is 0 Å². The highest BCUT2D eigenvalue weighted by Gasteiger charge is 2.22. The van der Waals surface area contributed by atoms with Crippen molar-refractivity contribution < 1.29 is 9.59 Å². The van der Waals surface area contributed by atoms with Gasteiger partial charge in [-0.05, 0) is 119 Å². The number of unbranched alkanes of at least 4 members (excludes halogenated alkanes) is 10. The minimum Gasteiger partial charge on any atom is -0.297 e. The van der Waals surface area contributed by atoms with Crippen LogP contribution < -0.4 is 0 Å². The lowest BCUT2D eigenvalue weighted by Crippen LogP contribution is -1.89. The van der Waals surface area contributed by atoms with E-state index in [2.05, 4.69) is 62.4 Å². The molecule has 0 atom stereocenters. The highest BCUT2D eigenvalue weighted by Crippen LogP contribution is 2.50. The molecule has 50 heavy (non-hydrogen) atoms. The van der Waals surface area contributed by atoms with Crippen LogP contribution >= 0.6 is 45.3 Å². The molecule has 4 heterocycles. The average molecular weight is 735 g/mol. The quantitative estimate of drug-likeness (QED) is 0.0500. The summed E-state index contributed by atoms with van der Waals surface area (Å²) < 4.78 is 2.29. The number of carbonyl (C=O) groups excluding carboxylic acids is 2. The Labute approximate surface area is 312 Å². The molecule has 0 N–H and O–H groups in total. The summed E-state index contributed by atoms with van der Waals surface area (Å²) in [5, 5.41) is 7.19. The van der Waals surface area contributed by atoms with E-state index in [1.165, 1.54) is 129 Å². The van der Waals surface area contributed by atoms with Gasteiger partial charge in [0.25, 0.3) is 0 Å². The fraction of sp³-hybridized carbons (Fsp3) is 0.364. The van der Waals surface area contributed by atoms with Gasteiger partial charge in [0.15, 0.2) is 12.6 Å². The van der Waals surface area contributed by atoms with Crippen LogP contribution in [0.3, 0.4) is 0 Å². The van der Waals surface area contributed by atoms with Gasteiger partial charge in [-0.1, -0.05) is 78.1 Å². The van der Waals surface area contributed by atoms with Gasteiger partial charge in [-0.2, -0.15) is 0 Å². The summed E-state index contributed by atoms with van der Waals surface area (Å²) in [6.45, 7) is 4.55. The van der Waals surface area contributed by atoms with Crippen molar-refractivity contribution in [1.82, 2.24) is 0 Å². The van der Waals surface area contributed by atoms with Gasteiger partial charge in [-0.15, -0.1) is 45.3 Å². The number of aryl methyl sites for hydroxylation is 2. The number of fused-ring (bicyclic) bond motifs is 4. The smallest absolute Gasteiger partial charge is 0.160 e. The first-order chi connectivity index (χ1) is 24.6. The summed E-state index contributed by atoms with van der Waals surface area (Å²) in [5.41, 5.74) is 2.54. The zero-order chi connectivity index (χ0) is 34.5. The lowest BCUT2D eigenvalue weighted by atomic mass is 9.89. The predicted molar refractivity (Wildman–Crippen MR) is 224 cm³/mol. The number of benzene rings is 3. The number of carbonyl (C=O) groups is 2. The van der Waals surface area contributed by atoms with Crippen molar-refractivity contribution in [2.75, 3.05) is 0 Å². The average Bonchev–Trinajstić information content (AvgIpc) is 3.95. The van der Waals surface area contributed by atoms with Gasteiger partial charge in [0.1, 0.15) is 0 Å². The monoisotopic (exact) mass is 734 g/mol. The van der Waals surface area contributed by atoms with Gasteiger partial charge >= 0.3 is 0 Å². The summed E-state index contributed by atoms with van der Waals surface area (Å²) in [7, 11) is 0. The first kappa shape index (κ1) is 35.3.